The van der Waals surface area contributed by atoms with E-state index >= 15 is 0 Å². The van der Waals surface area contributed by atoms with Crippen LogP contribution in [0.15, 0.2) is 44.1 Å². The third kappa shape index (κ3) is 4.45. The summed E-state index contributed by atoms with van der Waals surface area (Å²) in [5.41, 5.74) is 1.47. The van der Waals surface area contributed by atoms with Crippen molar-refractivity contribution >= 4 is 33.3 Å². The maximum absolute atomic E-state index is 12.9. The standard InChI is InChI=1S/C21H22N4O4S2/c1-12(2)10-25-20(26)18-14(7-8-30-18)22-21(25)31-11-17-23-19(24-29-17)13-5-6-15(27-3)16(9-13)28-4/h5-9,12H,10-11H2,1-4H3. The van der Waals surface area contributed by atoms with E-state index in [4.69, 9.17) is 14.0 Å². The van der Waals surface area contributed by atoms with Gasteiger partial charge in [0.05, 0.1) is 25.5 Å². The molecule has 0 bridgehead atoms. The van der Waals surface area contributed by atoms with E-state index in [9.17, 15) is 4.79 Å². The molecule has 0 N–H and O–H groups in total. The zero-order valence-electron chi connectivity index (χ0n) is 17.6. The van der Waals surface area contributed by atoms with E-state index in [1.165, 1.54) is 23.1 Å². The molecule has 1 aromatic carbocycles. The largest absolute Gasteiger partial charge is 0.493 e. The first-order chi connectivity index (χ1) is 15.0. The molecule has 8 nitrogen and oxygen atoms in total. The van der Waals surface area contributed by atoms with Crippen molar-refractivity contribution in [2.24, 2.45) is 5.92 Å². The highest BCUT2D eigenvalue weighted by Crippen LogP contribution is 2.31. The fraction of sp³-hybridized carbons (Fsp3) is 0.333. The summed E-state index contributed by atoms with van der Waals surface area (Å²) in [5, 5.41) is 6.61. The van der Waals surface area contributed by atoms with Gasteiger partial charge in [-0.05, 0) is 35.6 Å². The number of thiophene rings is 1. The topological polar surface area (TPSA) is 92.3 Å². The van der Waals surface area contributed by atoms with Crippen molar-refractivity contribution in [1.29, 1.82) is 0 Å². The third-order valence-corrected chi connectivity index (χ3v) is 6.37. The lowest BCUT2D eigenvalue weighted by molar-refractivity contribution is 0.355. The number of aromatic nitrogens is 4. The maximum Gasteiger partial charge on any atom is 0.272 e. The minimum atomic E-state index is -0.00672. The van der Waals surface area contributed by atoms with Gasteiger partial charge in [0.25, 0.3) is 5.56 Å². The second-order valence-electron chi connectivity index (χ2n) is 7.21. The number of nitrogens with zero attached hydrogens (tertiary/aromatic N) is 4. The first kappa shape index (κ1) is 21.4. The average molecular weight is 459 g/mol. The van der Waals surface area contributed by atoms with Crippen LogP contribution in [0.25, 0.3) is 21.6 Å². The van der Waals surface area contributed by atoms with Gasteiger partial charge in [-0.15, -0.1) is 11.3 Å². The van der Waals surface area contributed by atoms with Crippen LogP contribution >= 0.6 is 23.1 Å². The van der Waals surface area contributed by atoms with Crippen LogP contribution in [-0.2, 0) is 12.3 Å². The molecule has 0 aliphatic rings. The Morgan fingerprint density at radius 1 is 1.16 bits per heavy atom. The van der Waals surface area contributed by atoms with E-state index in [1.54, 1.807) is 30.9 Å². The quantitative estimate of drug-likeness (QED) is 0.282. The number of thioether (sulfide) groups is 1. The Labute approximate surface area is 187 Å². The van der Waals surface area contributed by atoms with E-state index in [1.807, 2.05) is 17.5 Å². The fourth-order valence-electron chi connectivity index (χ4n) is 3.09. The van der Waals surface area contributed by atoms with Gasteiger partial charge in [-0.3, -0.25) is 9.36 Å². The molecule has 0 spiro atoms. The molecule has 10 heteroatoms. The number of ether oxygens (including phenoxy) is 2. The molecule has 0 fully saturated rings. The zero-order valence-corrected chi connectivity index (χ0v) is 19.2. The Morgan fingerprint density at radius 2 is 1.97 bits per heavy atom. The van der Waals surface area contributed by atoms with Gasteiger partial charge in [0, 0.05) is 12.1 Å². The van der Waals surface area contributed by atoms with Gasteiger partial charge >= 0.3 is 0 Å². The minimum Gasteiger partial charge on any atom is -0.493 e. The molecule has 0 saturated carbocycles. The second kappa shape index (κ2) is 9.11. The summed E-state index contributed by atoms with van der Waals surface area (Å²) in [6.07, 6.45) is 0. The van der Waals surface area contributed by atoms with Crippen molar-refractivity contribution in [3.8, 4) is 22.9 Å². The van der Waals surface area contributed by atoms with Crippen molar-refractivity contribution in [2.45, 2.75) is 31.3 Å². The van der Waals surface area contributed by atoms with E-state index in [0.29, 0.717) is 56.8 Å². The van der Waals surface area contributed by atoms with Gasteiger partial charge in [-0.2, -0.15) is 4.98 Å². The molecule has 0 aliphatic heterocycles. The SMILES string of the molecule is COc1ccc(-c2noc(CSc3nc4ccsc4c(=O)n3CC(C)C)n2)cc1OC. The molecule has 4 aromatic rings. The summed E-state index contributed by atoms with van der Waals surface area (Å²) >= 11 is 2.83. The Balaban J connectivity index is 1.58. The third-order valence-electron chi connectivity index (χ3n) is 4.51. The van der Waals surface area contributed by atoms with Crippen LogP contribution in [0.3, 0.4) is 0 Å². The van der Waals surface area contributed by atoms with E-state index in [0.717, 1.165) is 5.56 Å². The van der Waals surface area contributed by atoms with Crippen molar-refractivity contribution in [3.05, 3.63) is 45.9 Å². The molecule has 4 rings (SSSR count). The van der Waals surface area contributed by atoms with Gasteiger partial charge < -0.3 is 14.0 Å². The molecule has 0 aliphatic carbocycles. The van der Waals surface area contributed by atoms with Gasteiger partial charge in [0.2, 0.25) is 11.7 Å². The first-order valence-corrected chi connectivity index (χ1v) is 11.5. The minimum absolute atomic E-state index is 0.00672. The summed E-state index contributed by atoms with van der Waals surface area (Å²) in [7, 11) is 3.16. The molecular weight excluding hydrogens is 436 g/mol. The highest BCUT2D eigenvalue weighted by molar-refractivity contribution is 7.98. The van der Waals surface area contributed by atoms with Crippen LogP contribution in [0.1, 0.15) is 19.7 Å². The summed E-state index contributed by atoms with van der Waals surface area (Å²) in [4.78, 5) is 22.1. The zero-order chi connectivity index (χ0) is 22.0. The number of methoxy groups -OCH3 is 2. The lowest BCUT2D eigenvalue weighted by Crippen LogP contribution is -2.24. The first-order valence-electron chi connectivity index (χ1n) is 9.66. The van der Waals surface area contributed by atoms with Gasteiger partial charge in [0.15, 0.2) is 16.7 Å². The lowest BCUT2D eigenvalue weighted by atomic mass is 10.2. The monoisotopic (exact) mass is 458 g/mol. The molecule has 3 aromatic heterocycles. The molecule has 0 atom stereocenters. The predicted octanol–water partition coefficient (Wildman–Crippen LogP) is 4.47. The number of hydrogen-bond acceptors (Lipinski definition) is 9. The van der Waals surface area contributed by atoms with Crippen molar-refractivity contribution in [2.75, 3.05) is 14.2 Å². The van der Waals surface area contributed by atoms with Crippen LogP contribution in [0, 0.1) is 5.92 Å². The van der Waals surface area contributed by atoms with Crippen LogP contribution in [0.4, 0.5) is 0 Å². The Hall–Kier alpha value is -2.85. The summed E-state index contributed by atoms with van der Waals surface area (Å²) in [6.45, 7) is 4.75. The van der Waals surface area contributed by atoms with Crippen molar-refractivity contribution in [3.63, 3.8) is 0 Å². The van der Waals surface area contributed by atoms with Gasteiger partial charge in [0.1, 0.15) is 4.70 Å². The normalized spacial score (nSPS) is 11.4. The average Bonchev–Trinajstić information content (AvgIpc) is 3.43. The van der Waals surface area contributed by atoms with E-state index < -0.39 is 0 Å². The van der Waals surface area contributed by atoms with Crippen LogP contribution < -0.4 is 15.0 Å². The van der Waals surface area contributed by atoms with Crippen molar-refractivity contribution < 1.29 is 14.0 Å². The van der Waals surface area contributed by atoms with Crippen LogP contribution in [-0.4, -0.2) is 33.9 Å². The second-order valence-corrected chi connectivity index (χ2v) is 9.07. The molecule has 0 radical (unpaired) electrons. The smallest absolute Gasteiger partial charge is 0.272 e. The van der Waals surface area contributed by atoms with Gasteiger partial charge in [-0.1, -0.05) is 30.8 Å². The highest BCUT2D eigenvalue weighted by atomic mass is 32.2. The number of rotatable bonds is 8. The Morgan fingerprint density at radius 3 is 2.71 bits per heavy atom. The lowest BCUT2D eigenvalue weighted by Gasteiger charge is -2.13. The Bertz CT molecular complexity index is 1260. The summed E-state index contributed by atoms with van der Waals surface area (Å²) in [5.74, 6) is 2.84. The molecule has 3 heterocycles. The predicted molar refractivity (Wildman–Crippen MR) is 121 cm³/mol. The number of fused-ring (bicyclic) bond motifs is 1. The number of hydrogen-bond donors (Lipinski definition) is 0. The Kier molecular flexibility index (Phi) is 6.28. The van der Waals surface area contributed by atoms with Crippen LogP contribution in [0.2, 0.25) is 0 Å². The maximum atomic E-state index is 12.9. The van der Waals surface area contributed by atoms with Gasteiger partial charge in [-0.25, -0.2) is 4.98 Å². The highest BCUT2D eigenvalue weighted by Gasteiger charge is 2.16. The molecule has 31 heavy (non-hydrogen) atoms. The number of benzene rings is 1. The fourth-order valence-corrected chi connectivity index (χ4v) is 4.72. The van der Waals surface area contributed by atoms with Crippen molar-refractivity contribution in [1.82, 2.24) is 19.7 Å². The molecular formula is C21H22N4O4S2. The molecule has 0 saturated heterocycles. The van der Waals surface area contributed by atoms with Crippen LogP contribution in [0.5, 0.6) is 11.5 Å². The summed E-state index contributed by atoms with van der Waals surface area (Å²) < 4.78 is 18.4. The summed E-state index contributed by atoms with van der Waals surface area (Å²) in [6, 6.07) is 7.30. The molecule has 162 valence electrons. The van der Waals surface area contributed by atoms with E-state index in [2.05, 4.69) is 29.0 Å². The molecule has 0 amide bonds. The van der Waals surface area contributed by atoms with E-state index in [-0.39, 0.29) is 5.56 Å². The molecule has 0 unspecified atom stereocenters.